The summed E-state index contributed by atoms with van der Waals surface area (Å²) in [6.07, 6.45) is 8.34. The van der Waals surface area contributed by atoms with Gasteiger partial charge in [0, 0.05) is 32.5 Å². The van der Waals surface area contributed by atoms with Crippen LogP contribution in [0.15, 0.2) is 24.5 Å². The zero-order chi connectivity index (χ0) is 17.7. The second kappa shape index (κ2) is 8.25. The number of amides is 1. The SMILES string of the molecule is CO[C@]12CC[C@@H](OCCO)C[C@H]1N(C(=O)CCc1ccncc1)CC2. The van der Waals surface area contributed by atoms with Gasteiger partial charge in [-0.15, -0.1) is 0 Å². The number of aryl methyl sites for hydroxylation is 1. The van der Waals surface area contributed by atoms with Gasteiger partial charge in [-0.2, -0.15) is 0 Å². The third-order valence-corrected chi connectivity index (χ3v) is 5.68. The highest BCUT2D eigenvalue weighted by atomic mass is 16.5. The topological polar surface area (TPSA) is 71.9 Å². The Kier molecular flexibility index (Phi) is 6.04. The number of carbonyl (C=O) groups excluding carboxylic acids is 1. The normalized spacial score (nSPS) is 28.8. The van der Waals surface area contributed by atoms with Crippen LogP contribution in [0.5, 0.6) is 0 Å². The molecule has 2 fully saturated rings. The standard InChI is InChI=1S/C19H28N2O4/c1-24-19-7-4-16(25-13-12-22)14-17(19)21(11-8-19)18(23)3-2-15-5-9-20-10-6-15/h5-6,9-10,16-17,22H,2-4,7-8,11-14H2,1H3/t16-,17-,19+/m1/s1. The van der Waals surface area contributed by atoms with E-state index in [1.54, 1.807) is 19.5 Å². The number of aliphatic hydroxyl groups excluding tert-OH is 1. The van der Waals surface area contributed by atoms with E-state index >= 15 is 0 Å². The number of aliphatic hydroxyl groups is 1. The zero-order valence-corrected chi connectivity index (χ0v) is 14.9. The zero-order valence-electron chi connectivity index (χ0n) is 14.9. The molecule has 6 heteroatoms. The van der Waals surface area contributed by atoms with Gasteiger partial charge >= 0.3 is 0 Å². The molecule has 0 bridgehead atoms. The van der Waals surface area contributed by atoms with Crippen molar-refractivity contribution < 1.29 is 19.4 Å². The first kappa shape index (κ1) is 18.3. The van der Waals surface area contributed by atoms with E-state index in [9.17, 15) is 4.79 Å². The van der Waals surface area contributed by atoms with Gasteiger partial charge in [-0.25, -0.2) is 0 Å². The van der Waals surface area contributed by atoms with E-state index in [0.29, 0.717) is 13.0 Å². The first-order chi connectivity index (χ1) is 12.2. The molecular formula is C19H28N2O4. The smallest absolute Gasteiger partial charge is 0.223 e. The summed E-state index contributed by atoms with van der Waals surface area (Å²) in [4.78, 5) is 18.8. The average molecular weight is 348 g/mol. The molecule has 138 valence electrons. The Morgan fingerprint density at radius 1 is 1.40 bits per heavy atom. The van der Waals surface area contributed by atoms with Gasteiger partial charge in [0.05, 0.1) is 31.0 Å². The highest BCUT2D eigenvalue weighted by Crippen LogP contribution is 2.43. The molecule has 1 N–H and O–H groups in total. The van der Waals surface area contributed by atoms with Crippen molar-refractivity contribution in [3.05, 3.63) is 30.1 Å². The van der Waals surface area contributed by atoms with Crippen molar-refractivity contribution in [2.24, 2.45) is 0 Å². The van der Waals surface area contributed by atoms with Crippen LogP contribution >= 0.6 is 0 Å². The van der Waals surface area contributed by atoms with Crippen molar-refractivity contribution in [2.75, 3.05) is 26.9 Å². The number of likely N-dealkylation sites (tertiary alicyclic amines) is 1. The first-order valence-corrected chi connectivity index (χ1v) is 9.14. The Labute approximate surface area is 149 Å². The van der Waals surface area contributed by atoms with Crippen LogP contribution in [0, 0.1) is 0 Å². The summed E-state index contributed by atoms with van der Waals surface area (Å²) in [6.45, 7) is 1.14. The lowest BCUT2D eigenvalue weighted by molar-refractivity contribution is -0.142. The van der Waals surface area contributed by atoms with Gasteiger partial charge in [-0.1, -0.05) is 0 Å². The van der Waals surface area contributed by atoms with Crippen molar-refractivity contribution in [3.63, 3.8) is 0 Å². The minimum absolute atomic E-state index is 0.0329. The van der Waals surface area contributed by atoms with Crippen molar-refractivity contribution in [1.82, 2.24) is 9.88 Å². The number of methoxy groups -OCH3 is 1. The number of hydrogen-bond donors (Lipinski definition) is 1. The van der Waals surface area contributed by atoms with Crippen LogP contribution in [-0.2, 0) is 20.7 Å². The molecular weight excluding hydrogens is 320 g/mol. The summed E-state index contributed by atoms with van der Waals surface area (Å²) >= 11 is 0. The van der Waals surface area contributed by atoms with Crippen LogP contribution in [0.3, 0.4) is 0 Å². The summed E-state index contributed by atoms with van der Waals surface area (Å²) in [6, 6.07) is 3.98. The predicted octanol–water partition coefficient (Wildman–Crippen LogP) is 1.56. The van der Waals surface area contributed by atoms with E-state index < -0.39 is 0 Å². The lowest BCUT2D eigenvalue weighted by Gasteiger charge is -2.43. The maximum absolute atomic E-state index is 12.8. The Hall–Kier alpha value is -1.50. The highest BCUT2D eigenvalue weighted by Gasteiger charge is 2.52. The predicted molar refractivity (Wildman–Crippen MR) is 93.1 cm³/mol. The Bertz CT molecular complexity index is 568. The molecule has 6 nitrogen and oxygen atoms in total. The fourth-order valence-corrected chi connectivity index (χ4v) is 4.28. The first-order valence-electron chi connectivity index (χ1n) is 9.14. The summed E-state index contributed by atoms with van der Waals surface area (Å²) in [5.41, 5.74) is 0.902. The number of ether oxygens (including phenoxy) is 2. The van der Waals surface area contributed by atoms with Crippen molar-refractivity contribution >= 4 is 5.91 Å². The molecule has 1 aromatic rings. The Morgan fingerprint density at radius 3 is 2.92 bits per heavy atom. The Morgan fingerprint density at radius 2 is 2.20 bits per heavy atom. The third kappa shape index (κ3) is 4.02. The van der Waals surface area contributed by atoms with Gasteiger partial charge in [0.2, 0.25) is 5.91 Å². The second-order valence-electron chi connectivity index (χ2n) is 6.97. The van der Waals surface area contributed by atoms with Crippen molar-refractivity contribution in [3.8, 4) is 0 Å². The van der Waals surface area contributed by atoms with Gasteiger partial charge < -0.3 is 19.5 Å². The summed E-state index contributed by atoms with van der Waals surface area (Å²) < 4.78 is 11.6. The average Bonchev–Trinajstić information content (AvgIpc) is 3.04. The summed E-state index contributed by atoms with van der Waals surface area (Å²) in [7, 11) is 1.76. The lowest BCUT2D eigenvalue weighted by Crippen LogP contribution is -2.53. The second-order valence-corrected chi connectivity index (χ2v) is 6.97. The maximum atomic E-state index is 12.8. The van der Waals surface area contributed by atoms with Gasteiger partial charge in [0.25, 0.3) is 0 Å². The highest BCUT2D eigenvalue weighted by molar-refractivity contribution is 5.77. The molecule has 25 heavy (non-hydrogen) atoms. The quantitative estimate of drug-likeness (QED) is 0.810. The minimum atomic E-state index is -0.231. The Balaban J connectivity index is 1.63. The minimum Gasteiger partial charge on any atom is -0.394 e. The molecule has 3 rings (SSSR count). The molecule has 0 radical (unpaired) electrons. The number of aromatic nitrogens is 1. The van der Waals surface area contributed by atoms with Crippen LogP contribution in [0.4, 0.5) is 0 Å². The molecule has 2 aliphatic rings. The van der Waals surface area contributed by atoms with E-state index in [0.717, 1.165) is 44.2 Å². The molecule has 1 aliphatic heterocycles. The molecule has 1 amide bonds. The fourth-order valence-electron chi connectivity index (χ4n) is 4.28. The van der Waals surface area contributed by atoms with E-state index in [1.165, 1.54) is 0 Å². The molecule has 1 saturated heterocycles. The van der Waals surface area contributed by atoms with E-state index in [2.05, 4.69) is 4.98 Å². The van der Waals surface area contributed by atoms with Crippen LogP contribution in [0.25, 0.3) is 0 Å². The molecule has 1 aliphatic carbocycles. The number of rotatable bonds is 7. The molecule has 0 aromatic carbocycles. The van der Waals surface area contributed by atoms with Gasteiger partial charge in [0.15, 0.2) is 0 Å². The molecule has 0 unspecified atom stereocenters. The van der Waals surface area contributed by atoms with E-state index in [4.69, 9.17) is 14.6 Å². The molecule has 1 saturated carbocycles. The number of nitrogens with zero attached hydrogens (tertiary/aromatic N) is 2. The van der Waals surface area contributed by atoms with Crippen LogP contribution < -0.4 is 0 Å². The summed E-state index contributed by atoms with van der Waals surface area (Å²) in [5, 5.41) is 8.98. The van der Waals surface area contributed by atoms with Crippen molar-refractivity contribution in [1.29, 1.82) is 0 Å². The van der Waals surface area contributed by atoms with Crippen molar-refractivity contribution in [2.45, 2.75) is 56.3 Å². The van der Waals surface area contributed by atoms with Gasteiger partial charge in [0.1, 0.15) is 0 Å². The van der Waals surface area contributed by atoms with Crippen LogP contribution in [0.1, 0.15) is 37.7 Å². The molecule has 2 heterocycles. The third-order valence-electron chi connectivity index (χ3n) is 5.68. The number of pyridine rings is 1. The van der Waals surface area contributed by atoms with Crippen LogP contribution in [0.2, 0.25) is 0 Å². The van der Waals surface area contributed by atoms with E-state index in [1.807, 2.05) is 17.0 Å². The molecule has 0 spiro atoms. The number of fused-ring (bicyclic) bond motifs is 1. The van der Waals surface area contributed by atoms with Gasteiger partial charge in [-0.3, -0.25) is 9.78 Å². The number of hydrogen-bond acceptors (Lipinski definition) is 5. The monoisotopic (exact) mass is 348 g/mol. The lowest BCUT2D eigenvalue weighted by atomic mass is 9.79. The maximum Gasteiger partial charge on any atom is 0.223 e. The van der Waals surface area contributed by atoms with Crippen LogP contribution in [-0.4, -0.2) is 65.5 Å². The van der Waals surface area contributed by atoms with Gasteiger partial charge in [-0.05, 0) is 49.8 Å². The fraction of sp³-hybridized carbons (Fsp3) is 0.684. The molecule has 3 atom stereocenters. The largest absolute Gasteiger partial charge is 0.394 e. The van der Waals surface area contributed by atoms with E-state index in [-0.39, 0.29) is 30.3 Å². The summed E-state index contributed by atoms with van der Waals surface area (Å²) in [5.74, 6) is 0.184. The molecule has 1 aromatic heterocycles. The number of carbonyl (C=O) groups is 1.